The summed E-state index contributed by atoms with van der Waals surface area (Å²) >= 11 is 0. The van der Waals surface area contributed by atoms with Crippen molar-refractivity contribution in [2.75, 3.05) is 6.61 Å². The molecule has 0 amide bonds. The molecule has 0 radical (unpaired) electrons. The molecule has 188 valence electrons. The molecule has 0 aliphatic carbocycles. The van der Waals surface area contributed by atoms with Crippen LogP contribution in [0.1, 0.15) is 114 Å². The highest BCUT2D eigenvalue weighted by atomic mass is 16.2. The van der Waals surface area contributed by atoms with Crippen LogP contribution in [-0.2, 0) is 0 Å². The molecule has 2 unspecified atom stereocenters. The molecule has 0 aliphatic rings. The highest BCUT2D eigenvalue weighted by Crippen LogP contribution is 2.24. The van der Waals surface area contributed by atoms with Crippen molar-refractivity contribution in [2.24, 2.45) is 11.8 Å². The molecule has 0 rings (SSSR count). The zero-order valence-electron chi connectivity index (χ0n) is 23.4. The summed E-state index contributed by atoms with van der Waals surface area (Å²) in [5.41, 5.74) is 8.70. The van der Waals surface area contributed by atoms with Crippen LogP contribution in [-0.4, -0.2) is 11.7 Å². The van der Waals surface area contributed by atoms with Gasteiger partial charge in [0.2, 0.25) is 0 Å². The molecule has 0 fully saturated rings. The van der Waals surface area contributed by atoms with Crippen molar-refractivity contribution >= 4 is 0 Å². The molecule has 1 nitrogen and oxygen atoms in total. The van der Waals surface area contributed by atoms with E-state index in [1.165, 1.54) is 39.9 Å². The second-order valence-electron chi connectivity index (χ2n) is 10.4. The molecule has 0 aromatic rings. The number of rotatable bonds is 16. The standard InChI is InChI=1S/C32H54O/c1-25(2)14-10-15-26(3)17-12-20-29(6)24-31(8)32(9)30(7)21-13-19-27(4)16-11-18-28(5)22-23-33/h14,16-17,21-22,24,31-33H,10-13,15,18-20,23H2,1-9H3/b26-17+,27-16+,28-22+,29-24+,30-21+. The maximum absolute atomic E-state index is 8.94. The Hall–Kier alpha value is -1.60. The summed E-state index contributed by atoms with van der Waals surface area (Å²) in [6, 6.07) is 0. The van der Waals surface area contributed by atoms with Crippen LogP contribution in [0.4, 0.5) is 0 Å². The van der Waals surface area contributed by atoms with E-state index in [1.54, 1.807) is 0 Å². The van der Waals surface area contributed by atoms with Crippen molar-refractivity contribution in [1.29, 1.82) is 0 Å². The molecule has 0 aliphatic heterocycles. The van der Waals surface area contributed by atoms with E-state index in [9.17, 15) is 0 Å². The number of hydrogen-bond acceptors (Lipinski definition) is 1. The van der Waals surface area contributed by atoms with Gasteiger partial charge in [-0.3, -0.25) is 0 Å². The molecular formula is C32H54O. The van der Waals surface area contributed by atoms with Gasteiger partial charge in [0.05, 0.1) is 6.61 Å². The second kappa shape index (κ2) is 18.8. The van der Waals surface area contributed by atoms with E-state index in [2.05, 4.69) is 92.7 Å². The van der Waals surface area contributed by atoms with Crippen LogP contribution in [0.3, 0.4) is 0 Å². The third kappa shape index (κ3) is 17.5. The van der Waals surface area contributed by atoms with Crippen molar-refractivity contribution in [1.82, 2.24) is 0 Å². The molecule has 0 bridgehead atoms. The zero-order valence-corrected chi connectivity index (χ0v) is 23.4. The molecule has 2 atom stereocenters. The Morgan fingerprint density at radius 2 is 1.00 bits per heavy atom. The number of allylic oxidation sites excluding steroid dienone is 11. The minimum atomic E-state index is 0.150. The van der Waals surface area contributed by atoms with E-state index in [1.807, 2.05) is 6.08 Å². The molecule has 0 aromatic heterocycles. The van der Waals surface area contributed by atoms with Crippen molar-refractivity contribution in [3.8, 4) is 0 Å². The highest BCUT2D eigenvalue weighted by Gasteiger charge is 2.11. The fraction of sp³-hybridized carbons (Fsp3) is 0.625. The third-order valence-corrected chi connectivity index (χ3v) is 6.65. The van der Waals surface area contributed by atoms with Gasteiger partial charge in [0.1, 0.15) is 0 Å². The van der Waals surface area contributed by atoms with Crippen LogP contribution in [0, 0.1) is 11.8 Å². The molecule has 0 aromatic carbocycles. The maximum Gasteiger partial charge on any atom is 0.0614 e. The molecule has 0 spiro atoms. The fourth-order valence-electron chi connectivity index (χ4n) is 3.95. The average molecular weight is 455 g/mol. The summed E-state index contributed by atoms with van der Waals surface area (Å²) in [6.07, 6.45) is 23.0. The molecule has 0 heterocycles. The van der Waals surface area contributed by atoms with E-state index in [-0.39, 0.29) is 6.61 Å². The topological polar surface area (TPSA) is 20.2 Å². The summed E-state index contributed by atoms with van der Waals surface area (Å²) in [4.78, 5) is 0. The van der Waals surface area contributed by atoms with Gasteiger partial charge in [-0.1, -0.05) is 83.7 Å². The van der Waals surface area contributed by atoms with Gasteiger partial charge < -0.3 is 5.11 Å². The lowest BCUT2D eigenvalue weighted by Gasteiger charge is -2.19. The smallest absolute Gasteiger partial charge is 0.0614 e. The predicted molar refractivity (Wildman–Crippen MR) is 151 cm³/mol. The summed E-state index contributed by atoms with van der Waals surface area (Å²) in [6.45, 7) is 20.4. The van der Waals surface area contributed by atoms with Gasteiger partial charge in [-0.2, -0.15) is 0 Å². The van der Waals surface area contributed by atoms with E-state index in [0.29, 0.717) is 11.8 Å². The van der Waals surface area contributed by atoms with Crippen LogP contribution in [0.5, 0.6) is 0 Å². The average Bonchev–Trinajstić information content (AvgIpc) is 2.72. The van der Waals surface area contributed by atoms with Gasteiger partial charge in [-0.25, -0.2) is 0 Å². The molecular weight excluding hydrogens is 400 g/mol. The Labute approximate surface area is 207 Å². The maximum atomic E-state index is 8.94. The Kier molecular flexibility index (Phi) is 17.9. The van der Waals surface area contributed by atoms with Gasteiger partial charge in [0.25, 0.3) is 0 Å². The van der Waals surface area contributed by atoms with Crippen LogP contribution in [0.2, 0.25) is 0 Å². The number of aliphatic hydroxyl groups is 1. The Morgan fingerprint density at radius 1 is 0.576 bits per heavy atom. The second-order valence-corrected chi connectivity index (χ2v) is 10.4. The molecule has 1 heteroatoms. The lowest BCUT2D eigenvalue weighted by Crippen LogP contribution is -2.07. The highest BCUT2D eigenvalue weighted by molar-refractivity contribution is 5.12. The Balaban J connectivity index is 4.49. The van der Waals surface area contributed by atoms with Gasteiger partial charge in [0, 0.05) is 0 Å². The largest absolute Gasteiger partial charge is 0.392 e. The first-order valence-electron chi connectivity index (χ1n) is 13.1. The van der Waals surface area contributed by atoms with Crippen molar-refractivity contribution in [3.05, 3.63) is 69.9 Å². The predicted octanol–water partition coefficient (Wildman–Crippen LogP) is 10.1. The lowest BCUT2D eigenvalue weighted by molar-refractivity contribution is 0.341. The number of aliphatic hydroxyl groups excluding tert-OH is 1. The fourth-order valence-corrected chi connectivity index (χ4v) is 3.95. The van der Waals surface area contributed by atoms with Gasteiger partial charge in [-0.05, 0) is 112 Å². The summed E-state index contributed by atoms with van der Waals surface area (Å²) < 4.78 is 0. The van der Waals surface area contributed by atoms with Crippen molar-refractivity contribution in [3.63, 3.8) is 0 Å². The molecule has 0 saturated heterocycles. The molecule has 1 N–H and O–H groups in total. The van der Waals surface area contributed by atoms with Crippen molar-refractivity contribution < 1.29 is 5.11 Å². The molecule has 33 heavy (non-hydrogen) atoms. The zero-order chi connectivity index (χ0) is 25.2. The minimum Gasteiger partial charge on any atom is -0.392 e. The first kappa shape index (κ1) is 31.4. The summed E-state index contributed by atoms with van der Waals surface area (Å²) in [5, 5.41) is 8.94. The number of hydrogen-bond donors (Lipinski definition) is 1. The Bertz CT molecular complexity index is 720. The van der Waals surface area contributed by atoms with Gasteiger partial charge >= 0.3 is 0 Å². The summed E-state index contributed by atoms with van der Waals surface area (Å²) in [7, 11) is 0. The SMILES string of the molecule is CC(C)=CCC/C(C)=C/CC/C(C)=C/C(C)C(C)/C(C)=C/CC/C(C)=C/CC/C(C)=C/CO. The van der Waals surface area contributed by atoms with E-state index < -0.39 is 0 Å². The van der Waals surface area contributed by atoms with Crippen LogP contribution >= 0.6 is 0 Å². The van der Waals surface area contributed by atoms with Crippen molar-refractivity contribution in [2.45, 2.75) is 114 Å². The van der Waals surface area contributed by atoms with Gasteiger partial charge in [0.15, 0.2) is 0 Å². The van der Waals surface area contributed by atoms with Crippen LogP contribution in [0.25, 0.3) is 0 Å². The monoisotopic (exact) mass is 454 g/mol. The van der Waals surface area contributed by atoms with Crippen LogP contribution in [0.15, 0.2) is 69.9 Å². The normalized spacial score (nSPS) is 16.1. The lowest BCUT2D eigenvalue weighted by atomic mass is 9.87. The van der Waals surface area contributed by atoms with Crippen LogP contribution < -0.4 is 0 Å². The first-order chi connectivity index (χ1) is 15.6. The van der Waals surface area contributed by atoms with E-state index in [4.69, 9.17) is 5.11 Å². The minimum absolute atomic E-state index is 0.150. The van der Waals surface area contributed by atoms with Gasteiger partial charge in [-0.15, -0.1) is 0 Å². The van der Waals surface area contributed by atoms with E-state index >= 15 is 0 Å². The summed E-state index contributed by atoms with van der Waals surface area (Å²) in [5.74, 6) is 1.15. The first-order valence-corrected chi connectivity index (χ1v) is 13.1. The quantitative estimate of drug-likeness (QED) is 0.230. The third-order valence-electron chi connectivity index (χ3n) is 6.65. The Morgan fingerprint density at radius 3 is 1.48 bits per heavy atom. The van der Waals surface area contributed by atoms with E-state index in [0.717, 1.165) is 44.9 Å². The molecule has 0 saturated carbocycles.